The molecule has 0 heterocycles. The molecule has 52 valence electrons. The number of hydrogen-bond acceptors (Lipinski definition) is 3. The molecule has 0 spiro atoms. The first kappa shape index (κ1) is 12.9. The second-order valence-corrected chi connectivity index (χ2v) is 3.68. The van der Waals surface area contributed by atoms with E-state index in [-0.39, 0.29) is 36.2 Å². The van der Waals surface area contributed by atoms with Crippen molar-refractivity contribution in [3.05, 3.63) is 0 Å². The van der Waals surface area contributed by atoms with Crippen LogP contribution in [0, 0.1) is 0 Å². The monoisotopic (exact) mass is 180 g/mol. The van der Waals surface area contributed by atoms with Gasteiger partial charge in [0.1, 0.15) is 0 Å². The molecule has 3 nitrogen and oxygen atoms in total. The third kappa shape index (κ3) is 12.5. The Morgan fingerprint density at radius 2 is 2.00 bits per heavy atom. The first-order valence-electron chi connectivity index (χ1n) is 2.18. The predicted octanol–water partition coefficient (Wildman–Crippen LogP) is -0.0609. The van der Waals surface area contributed by atoms with E-state index in [9.17, 15) is 8.42 Å². The van der Waals surface area contributed by atoms with Crippen LogP contribution >= 0.6 is 11.7 Å². The van der Waals surface area contributed by atoms with Crippen molar-refractivity contribution in [3.63, 3.8) is 0 Å². The molecule has 0 N–H and O–H groups in total. The molecule has 0 unspecified atom stereocenters. The second-order valence-electron chi connectivity index (χ2n) is 1.25. The van der Waals surface area contributed by atoms with Gasteiger partial charge >= 0.3 is 38.7 Å². The molecule has 0 bridgehead atoms. The standard InChI is InChI=1S/C3H8O3S2.Na.H/c1-2-3-6-8(4,5)7;;/h2-3H2,1H3,(H,4,5,7);;. The van der Waals surface area contributed by atoms with Gasteiger partial charge in [-0.3, -0.25) is 4.18 Å². The maximum atomic E-state index is 10.0. The quantitative estimate of drug-likeness (QED) is 0.376. The summed E-state index contributed by atoms with van der Waals surface area (Å²) in [5.74, 6) is 0. The molecular formula is C3H9NaO3S2. The Bertz CT molecular complexity index is 141. The Labute approximate surface area is 82.4 Å². The molecule has 0 radical (unpaired) electrons. The predicted molar refractivity (Wildman–Crippen MR) is 41.3 cm³/mol. The van der Waals surface area contributed by atoms with Gasteiger partial charge in [-0.25, -0.2) is 0 Å². The van der Waals surface area contributed by atoms with Gasteiger partial charge in [0, 0.05) is 0 Å². The summed E-state index contributed by atoms with van der Waals surface area (Å²) < 4.78 is 24.3. The van der Waals surface area contributed by atoms with Gasteiger partial charge < -0.3 is 0 Å². The molecular weight excluding hydrogens is 171 g/mol. The van der Waals surface area contributed by atoms with E-state index in [0.717, 1.165) is 0 Å². The van der Waals surface area contributed by atoms with E-state index in [2.05, 4.69) is 15.8 Å². The van der Waals surface area contributed by atoms with Gasteiger partial charge in [-0.15, -0.1) is 0 Å². The van der Waals surface area contributed by atoms with Crippen LogP contribution in [0.25, 0.3) is 0 Å². The summed E-state index contributed by atoms with van der Waals surface area (Å²) in [7, 11) is -3.49. The molecule has 0 saturated carbocycles. The summed E-state index contributed by atoms with van der Waals surface area (Å²) in [4.78, 5) is 0. The molecule has 0 rings (SSSR count). The van der Waals surface area contributed by atoms with Crippen molar-refractivity contribution in [3.8, 4) is 0 Å². The van der Waals surface area contributed by atoms with Crippen molar-refractivity contribution in [1.29, 1.82) is 0 Å². The van der Waals surface area contributed by atoms with Crippen LogP contribution in [0.1, 0.15) is 13.3 Å². The Hall–Kier alpha value is 1.26. The first-order valence-corrected chi connectivity index (χ1v) is 4.64. The van der Waals surface area contributed by atoms with Gasteiger partial charge in [0.05, 0.1) is 6.61 Å². The molecule has 0 amide bonds. The van der Waals surface area contributed by atoms with Crippen LogP contribution in [0.15, 0.2) is 0 Å². The molecule has 0 aliphatic heterocycles. The van der Waals surface area contributed by atoms with Crippen LogP contribution in [0.2, 0.25) is 0 Å². The summed E-state index contributed by atoms with van der Waals surface area (Å²) in [6.45, 7) is 2.03. The van der Waals surface area contributed by atoms with Gasteiger partial charge in [0.15, 0.2) is 0 Å². The van der Waals surface area contributed by atoms with Crippen molar-refractivity contribution in [2.75, 3.05) is 6.61 Å². The van der Waals surface area contributed by atoms with Crippen LogP contribution < -0.4 is 0 Å². The molecule has 0 aliphatic rings. The molecule has 0 aromatic carbocycles. The maximum absolute atomic E-state index is 10.0. The fourth-order valence-electron chi connectivity index (χ4n) is 0.189. The van der Waals surface area contributed by atoms with Crippen LogP contribution in [-0.2, 0) is 13.3 Å². The molecule has 0 atom stereocenters. The molecule has 0 aromatic rings. The minimum atomic E-state index is -3.49. The fraction of sp³-hybridized carbons (Fsp3) is 1.00. The summed E-state index contributed by atoms with van der Waals surface area (Å²) in [6, 6.07) is 0. The molecule has 6 heteroatoms. The van der Waals surface area contributed by atoms with Gasteiger partial charge in [0.2, 0.25) is 0 Å². The Kier molecular flexibility index (Phi) is 8.60. The van der Waals surface area contributed by atoms with E-state index in [4.69, 9.17) is 0 Å². The van der Waals surface area contributed by atoms with E-state index in [1.807, 2.05) is 6.92 Å². The Balaban J connectivity index is 0. The number of hydrogen-bond donors (Lipinski definition) is 1. The van der Waals surface area contributed by atoms with Gasteiger partial charge in [0.25, 0.3) is 0 Å². The Morgan fingerprint density at radius 3 is 2.11 bits per heavy atom. The van der Waals surface area contributed by atoms with Gasteiger partial charge in [-0.1, -0.05) is 6.92 Å². The van der Waals surface area contributed by atoms with E-state index >= 15 is 0 Å². The van der Waals surface area contributed by atoms with Crippen molar-refractivity contribution >= 4 is 50.4 Å². The van der Waals surface area contributed by atoms with Crippen LogP contribution in [-0.4, -0.2) is 44.6 Å². The average Bonchev–Trinajstić information content (AvgIpc) is 1.59. The zero-order valence-corrected chi connectivity index (χ0v) is 6.21. The third-order valence-electron chi connectivity index (χ3n) is 0.436. The van der Waals surface area contributed by atoms with Crippen molar-refractivity contribution in [2.45, 2.75) is 13.3 Å². The van der Waals surface area contributed by atoms with Crippen molar-refractivity contribution in [2.24, 2.45) is 0 Å². The van der Waals surface area contributed by atoms with Crippen LogP contribution in [0.5, 0.6) is 0 Å². The summed E-state index contributed by atoms with van der Waals surface area (Å²) in [5, 5.41) is 0. The molecule has 0 aliphatic carbocycles. The van der Waals surface area contributed by atoms with E-state index in [1.54, 1.807) is 0 Å². The first-order chi connectivity index (χ1) is 3.56. The topological polar surface area (TPSA) is 43.4 Å². The normalized spacial score (nSPS) is 10.4. The molecule has 0 fully saturated rings. The van der Waals surface area contributed by atoms with E-state index < -0.39 is 9.15 Å². The summed E-state index contributed by atoms with van der Waals surface area (Å²) in [6.07, 6.45) is 0.680. The Morgan fingerprint density at radius 1 is 1.56 bits per heavy atom. The molecule has 0 aromatic heterocycles. The zero-order chi connectivity index (χ0) is 6.62. The van der Waals surface area contributed by atoms with Crippen molar-refractivity contribution in [1.82, 2.24) is 0 Å². The average molecular weight is 180 g/mol. The molecule has 9 heavy (non-hydrogen) atoms. The fourth-order valence-corrected chi connectivity index (χ4v) is 0.790. The van der Waals surface area contributed by atoms with Crippen LogP contribution in [0.4, 0.5) is 0 Å². The number of rotatable bonds is 3. The van der Waals surface area contributed by atoms with Crippen molar-refractivity contribution < 1.29 is 12.6 Å². The van der Waals surface area contributed by atoms with E-state index in [1.165, 1.54) is 0 Å². The minimum absolute atomic E-state index is 0. The van der Waals surface area contributed by atoms with Gasteiger partial charge in [-0.2, -0.15) is 8.42 Å². The summed E-state index contributed by atoms with van der Waals surface area (Å²) >= 11 is 3.14. The second kappa shape index (κ2) is 6.00. The van der Waals surface area contributed by atoms with Gasteiger partial charge in [-0.05, 0) is 18.1 Å². The third-order valence-corrected chi connectivity index (χ3v) is 1.22. The summed E-state index contributed by atoms with van der Waals surface area (Å²) in [5.41, 5.74) is 0. The zero-order valence-electron chi connectivity index (χ0n) is 4.49. The van der Waals surface area contributed by atoms with Crippen LogP contribution in [0.3, 0.4) is 0 Å². The molecule has 0 saturated heterocycles. The SMILES string of the molecule is CCCOS(=O)(=O)S.[NaH]. The van der Waals surface area contributed by atoms with E-state index in [0.29, 0.717) is 6.42 Å². The number of thiol groups is 1.